The van der Waals surface area contributed by atoms with Crippen LogP contribution in [0.1, 0.15) is 21.5 Å². The maximum Gasteiger partial charge on any atom is 0.337 e. The summed E-state index contributed by atoms with van der Waals surface area (Å²) in [7, 11) is 0. The number of aromatic hydroxyl groups is 1. The molecule has 27 heavy (non-hydrogen) atoms. The molecule has 0 aromatic heterocycles. The Hall–Kier alpha value is -3.80. The third kappa shape index (κ3) is 4.64. The normalized spacial score (nSPS) is 11.3. The molecule has 0 aliphatic heterocycles. The molecular formula is C21H17N3O3. The number of aromatic carboxylic acids is 1. The molecule has 0 bridgehead atoms. The van der Waals surface area contributed by atoms with Gasteiger partial charge in [0, 0.05) is 11.8 Å². The molecule has 0 fully saturated rings. The molecule has 3 aromatic carbocycles. The molecule has 0 spiro atoms. The zero-order valence-electron chi connectivity index (χ0n) is 14.6. The minimum atomic E-state index is -1.06. The summed E-state index contributed by atoms with van der Waals surface area (Å²) in [6.45, 7) is 2.00. The molecule has 0 saturated heterocycles. The molecule has 0 aliphatic rings. The Morgan fingerprint density at radius 3 is 2.33 bits per heavy atom. The van der Waals surface area contributed by atoms with E-state index in [0.29, 0.717) is 16.9 Å². The van der Waals surface area contributed by atoms with Crippen LogP contribution in [0.3, 0.4) is 0 Å². The number of aryl methyl sites for hydroxylation is 1. The number of rotatable bonds is 5. The zero-order chi connectivity index (χ0) is 19.2. The van der Waals surface area contributed by atoms with Gasteiger partial charge in [0.25, 0.3) is 0 Å². The number of aliphatic imine (C=N–C) groups is 1. The Labute approximate surface area is 156 Å². The van der Waals surface area contributed by atoms with E-state index in [9.17, 15) is 15.0 Å². The number of phenols is 1. The highest BCUT2D eigenvalue weighted by Gasteiger charge is 2.08. The number of hydrogen-bond donors (Lipinski definition) is 2. The monoisotopic (exact) mass is 359 g/mol. The molecule has 134 valence electrons. The number of carbonyl (C=O) groups is 1. The van der Waals surface area contributed by atoms with Crippen LogP contribution < -0.4 is 0 Å². The summed E-state index contributed by atoms with van der Waals surface area (Å²) < 4.78 is 0. The molecule has 3 rings (SSSR count). The second-order valence-electron chi connectivity index (χ2n) is 5.86. The molecule has 0 amide bonds. The van der Waals surface area contributed by atoms with E-state index in [2.05, 4.69) is 15.2 Å². The lowest BCUT2D eigenvalue weighted by atomic mass is 10.1. The van der Waals surface area contributed by atoms with E-state index < -0.39 is 5.97 Å². The van der Waals surface area contributed by atoms with Crippen molar-refractivity contribution in [2.45, 2.75) is 6.92 Å². The summed E-state index contributed by atoms with van der Waals surface area (Å²) in [6.07, 6.45) is 1.40. The van der Waals surface area contributed by atoms with Gasteiger partial charge in [-0.1, -0.05) is 29.8 Å². The molecule has 0 aliphatic carbocycles. The summed E-state index contributed by atoms with van der Waals surface area (Å²) in [5.74, 6) is -1.05. The molecule has 0 radical (unpaired) electrons. The summed E-state index contributed by atoms with van der Waals surface area (Å²) in [5.41, 5.74) is 3.20. The standard InChI is InChI=1S/C21H17N3O3/c1-14-6-8-16(9-7-14)23-24-17-10-11-20(25)15(12-17)13-22-19-5-3-2-4-18(19)21(26)27/h2-13,25H,1H3,(H,26,27). The van der Waals surface area contributed by atoms with Crippen molar-refractivity contribution in [1.82, 2.24) is 0 Å². The fourth-order valence-corrected chi connectivity index (χ4v) is 2.34. The minimum absolute atomic E-state index is 0.0147. The topological polar surface area (TPSA) is 94.6 Å². The van der Waals surface area contributed by atoms with E-state index in [4.69, 9.17) is 0 Å². The number of azo groups is 1. The van der Waals surface area contributed by atoms with Crippen molar-refractivity contribution in [3.05, 3.63) is 83.4 Å². The smallest absolute Gasteiger partial charge is 0.337 e. The number of hydrogen-bond acceptors (Lipinski definition) is 5. The first kappa shape index (κ1) is 18.0. The number of phenolic OH excluding ortho intramolecular Hbond substituents is 1. The van der Waals surface area contributed by atoms with Crippen LogP contribution >= 0.6 is 0 Å². The number of carboxylic acids is 1. The van der Waals surface area contributed by atoms with E-state index in [0.717, 1.165) is 11.3 Å². The number of para-hydroxylation sites is 1. The Balaban J connectivity index is 1.86. The summed E-state index contributed by atoms with van der Waals surface area (Å²) >= 11 is 0. The maximum absolute atomic E-state index is 11.2. The maximum atomic E-state index is 11.2. The molecule has 0 unspecified atom stereocenters. The van der Waals surface area contributed by atoms with Crippen molar-refractivity contribution in [3.8, 4) is 5.75 Å². The highest BCUT2D eigenvalue weighted by atomic mass is 16.4. The van der Waals surface area contributed by atoms with Gasteiger partial charge in [0.1, 0.15) is 5.75 Å². The van der Waals surface area contributed by atoms with Crippen molar-refractivity contribution in [3.63, 3.8) is 0 Å². The third-order valence-corrected chi connectivity index (χ3v) is 3.80. The van der Waals surface area contributed by atoms with Crippen LogP contribution in [0.15, 0.2) is 82.0 Å². The van der Waals surface area contributed by atoms with Gasteiger partial charge in [-0.3, -0.25) is 4.99 Å². The average Bonchev–Trinajstić information content (AvgIpc) is 2.67. The van der Waals surface area contributed by atoms with E-state index >= 15 is 0 Å². The summed E-state index contributed by atoms with van der Waals surface area (Å²) in [6, 6.07) is 18.8. The fraction of sp³-hybridized carbons (Fsp3) is 0.0476. The third-order valence-electron chi connectivity index (χ3n) is 3.80. The van der Waals surface area contributed by atoms with E-state index in [1.165, 1.54) is 18.3 Å². The van der Waals surface area contributed by atoms with Crippen molar-refractivity contribution in [1.29, 1.82) is 0 Å². The largest absolute Gasteiger partial charge is 0.507 e. The number of carboxylic acid groups (broad SMARTS) is 1. The van der Waals surface area contributed by atoms with Crippen LogP contribution in [0, 0.1) is 6.92 Å². The predicted molar refractivity (Wildman–Crippen MR) is 104 cm³/mol. The molecule has 0 saturated carbocycles. The van der Waals surface area contributed by atoms with Gasteiger partial charge in [-0.25, -0.2) is 4.79 Å². The first-order valence-electron chi connectivity index (χ1n) is 8.21. The summed E-state index contributed by atoms with van der Waals surface area (Å²) in [5, 5.41) is 27.6. The summed E-state index contributed by atoms with van der Waals surface area (Å²) in [4.78, 5) is 15.4. The van der Waals surface area contributed by atoms with E-state index in [1.54, 1.807) is 30.3 Å². The molecule has 3 aromatic rings. The highest BCUT2D eigenvalue weighted by molar-refractivity contribution is 5.95. The van der Waals surface area contributed by atoms with Crippen molar-refractivity contribution in [2.24, 2.45) is 15.2 Å². The molecular weight excluding hydrogens is 342 g/mol. The fourth-order valence-electron chi connectivity index (χ4n) is 2.34. The van der Waals surface area contributed by atoms with Crippen molar-refractivity contribution in [2.75, 3.05) is 0 Å². The lowest BCUT2D eigenvalue weighted by molar-refractivity contribution is 0.0698. The van der Waals surface area contributed by atoms with Gasteiger partial charge >= 0.3 is 5.97 Å². The lowest BCUT2D eigenvalue weighted by Crippen LogP contribution is -1.96. The average molecular weight is 359 g/mol. The molecule has 2 N–H and O–H groups in total. The van der Waals surface area contributed by atoms with Gasteiger partial charge in [0.2, 0.25) is 0 Å². The van der Waals surface area contributed by atoms with Gasteiger partial charge in [0.15, 0.2) is 0 Å². The van der Waals surface area contributed by atoms with Crippen LogP contribution in [0.25, 0.3) is 0 Å². The van der Waals surface area contributed by atoms with Gasteiger partial charge in [-0.2, -0.15) is 10.2 Å². The van der Waals surface area contributed by atoms with Crippen molar-refractivity contribution >= 4 is 29.2 Å². The van der Waals surface area contributed by atoms with Crippen molar-refractivity contribution < 1.29 is 15.0 Å². The Kier molecular flexibility index (Phi) is 5.37. The van der Waals surface area contributed by atoms with Crippen LogP contribution in [0.4, 0.5) is 17.1 Å². The van der Waals surface area contributed by atoms with Crippen LogP contribution in [0.5, 0.6) is 5.75 Å². The second kappa shape index (κ2) is 8.05. The molecule has 0 heterocycles. The Bertz CT molecular complexity index is 1030. The first-order chi connectivity index (χ1) is 13.0. The predicted octanol–water partition coefficient (Wildman–Crippen LogP) is 5.56. The Morgan fingerprint density at radius 2 is 1.59 bits per heavy atom. The van der Waals surface area contributed by atoms with Crippen LogP contribution in [-0.2, 0) is 0 Å². The lowest BCUT2D eigenvalue weighted by Gasteiger charge is -2.02. The van der Waals surface area contributed by atoms with Crippen LogP contribution in [-0.4, -0.2) is 22.4 Å². The van der Waals surface area contributed by atoms with Gasteiger partial charge in [-0.05, 0) is 49.4 Å². The van der Waals surface area contributed by atoms with Gasteiger partial charge in [0.05, 0.1) is 22.6 Å². The van der Waals surface area contributed by atoms with E-state index in [-0.39, 0.29) is 11.3 Å². The Morgan fingerprint density at radius 1 is 0.926 bits per heavy atom. The second-order valence-corrected chi connectivity index (χ2v) is 5.86. The molecule has 6 nitrogen and oxygen atoms in total. The molecule has 6 heteroatoms. The van der Waals surface area contributed by atoms with Gasteiger partial charge < -0.3 is 10.2 Å². The number of benzene rings is 3. The zero-order valence-corrected chi connectivity index (χ0v) is 14.6. The minimum Gasteiger partial charge on any atom is -0.507 e. The quantitative estimate of drug-likeness (QED) is 0.461. The van der Waals surface area contributed by atoms with Gasteiger partial charge in [-0.15, -0.1) is 0 Å². The molecule has 0 atom stereocenters. The number of nitrogens with zero attached hydrogens (tertiary/aromatic N) is 3. The van der Waals surface area contributed by atoms with Crippen LogP contribution in [0.2, 0.25) is 0 Å². The van der Waals surface area contributed by atoms with E-state index in [1.807, 2.05) is 31.2 Å². The first-order valence-corrected chi connectivity index (χ1v) is 8.21. The SMILES string of the molecule is Cc1ccc(N=Nc2ccc(O)c(C=Nc3ccccc3C(=O)O)c2)cc1. The highest BCUT2D eigenvalue weighted by Crippen LogP contribution is 2.25.